The van der Waals surface area contributed by atoms with E-state index < -0.39 is 0 Å². The van der Waals surface area contributed by atoms with Crippen molar-refractivity contribution in [2.24, 2.45) is 0 Å². The minimum absolute atomic E-state index is 0.0950. The molecule has 6 nitrogen and oxygen atoms in total. The molecule has 134 valence electrons. The van der Waals surface area contributed by atoms with Gasteiger partial charge in [-0.2, -0.15) is 15.2 Å². The van der Waals surface area contributed by atoms with E-state index in [1.165, 1.54) is 0 Å². The largest absolute Gasteiger partial charge is 0.472 e. The second-order valence-corrected chi connectivity index (χ2v) is 6.63. The van der Waals surface area contributed by atoms with Gasteiger partial charge in [0.15, 0.2) is 10.7 Å². The van der Waals surface area contributed by atoms with Crippen molar-refractivity contribution in [3.63, 3.8) is 0 Å². The number of hydrogen-bond donors (Lipinski definition) is 1. The van der Waals surface area contributed by atoms with Gasteiger partial charge in [-0.15, -0.1) is 0 Å². The Balaban J connectivity index is 1.49. The molecule has 27 heavy (non-hydrogen) atoms. The minimum Gasteiger partial charge on any atom is -0.472 e. The lowest BCUT2D eigenvalue weighted by molar-refractivity contribution is 0.293. The van der Waals surface area contributed by atoms with Gasteiger partial charge in [0.1, 0.15) is 12.7 Å². The third kappa shape index (κ3) is 4.15. The lowest BCUT2D eigenvalue weighted by Crippen LogP contribution is -2.08. The molecule has 0 aliphatic heterocycles. The van der Waals surface area contributed by atoms with E-state index in [-0.39, 0.29) is 23.2 Å². The Morgan fingerprint density at radius 1 is 1.15 bits per heavy atom. The number of halogens is 1. The summed E-state index contributed by atoms with van der Waals surface area (Å²) in [7, 11) is 0. The lowest BCUT2D eigenvalue weighted by Gasteiger charge is -2.11. The van der Waals surface area contributed by atoms with E-state index >= 15 is 0 Å². The molecule has 0 unspecified atom stereocenters. The zero-order chi connectivity index (χ0) is 18.6. The highest BCUT2D eigenvalue weighted by Gasteiger charge is 2.23. The van der Waals surface area contributed by atoms with E-state index in [0.717, 1.165) is 29.5 Å². The second-order valence-electron chi connectivity index (χ2n) is 6.28. The number of nitriles is 1. The molecule has 0 radical (unpaired) electrons. The Labute approximate surface area is 161 Å². The van der Waals surface area contributed by atoms with Gasteiger partial charge in [0.05, 0.1) is 0 Å². The highest BCUT2D eigenvalue weighted by Crippen LogP contribution is 2.28. The summed E-state index contributed by atoms with van der Waals surface area (Å²) in [4.78, 5) is 12.6. The first-order valence-corrected chi connectivity index (χ1v) is 8.97. The van der Waals surface area contributed by atoms with E-state index in [2.05, 4.69) is 20.3 Å². The molecule has 1 aliphatic rings. The molecule has 0 spiro atoms. The van der Waals surface area contributed by atoms with E-state index in [1.54, 1.807) is 6.20 Å². The maximum Gasteiger partial charge on any atom is 0.238 e. The van der Waals surface area contributed by atoms with Crippen LogP contribution in [0.15, 0.2) is 48.8 Å². The van der Waals surface area contributed by atoms with Crippen LogP contribution < -0.4 is 10.1 Å². The maximum atomic E-state index is 9.32. The molecule has 1 aromatic carbocycles. The van der Waals surface area contributed by atoms with E-state index in [4.69, 9.17) is 16.3 Å². The van der Waals surface area contributed by atoms with Gasteiger partial charge in [-0.25, -0.2) is 0 Å². The predicted octanol–water partition coefficient (Wildman–Crippen LogP) is 4.22. The summed E-state index contributed by atoms with van der Waals surface area (Å²) in [6.45, 7) is 0.276. The van der Waals surface area contributed by atoms with Crippen molar-refractivity contribution in [1.29, 1.82) is 5.26 Å². The molecule has 3 aromatic rings. The fourth-order valence-electron chi connectivity index (χ4n) is 2.57. The highest BCUT2D eigenvalue weighted by molar-refractivity contribution is 6.30. The first-order chi connectivity index (χ1) is 13.2. The van der Waals surface area contributed by atoms with Crippen molar-refractivity contribution in [3.8, 4) is 23.1 Å². The van der Waals surface area contributed by atoms with Crippen LogP contribution in [0.3, 0.4) is 0 Å². The van der Waals surface area contributed by atoms with Crippen LogP contribution in [0, 0.1) is 11.3 Å². The fraction of sp³-hybridized carbons (Fsp3) is 0.200. The zero-order valence-electron chi connectivity index (χ0n) is 14.4. The standard InChI is InChI=1S/C20H16ClN5O/c21-18-17(10-22)19(26-20(25-18)24-16-7-8-16)27-12-13-3-5-14(6-4-13)15-2-1-9-23-11-15/h1-6,9,11,16H,7-8,12H2,(H,24,25,26). The van der Waals surface area contributed by atoms with Crippen LogP contribution in [-0.2, 0) is 6.61 Å². The Morgan fingerprint density at radius 3 is 2.63 bits per heavy atom. The molecule has 0 amide bonds. The zero-order valence-corrected chi connectivity index (χ0v) is 15.1. The SMILES string of the molecule is N#Cc1c(Cl)nc(NC2CC2)nc1OCc1ccc(-c2cccnc2)cc1. The van der Waals surface area contributed by atoms with Crippen LogP contribution in [-0.4, -0.2) is 21.0 Å². The lowest BCUT2D eigenvalue weighted by atomic mass is 10.1. The molecule has 0 atom stereocenters. The van der Waals surface area contributed by atoms with Crippen molar-refractivity contribution in [1.82, 2.24) is 15.0 Å². The summed E-state index contributed by atoms with van der Waals surface area (Å²) < 4.78 is 5.77. The van der Waals surface area contributed by atoms with Gasteiger partial charge in [0, 0.05) is 18.4 Å². The molecular formula is C20H16ClN5O. The first kappa shape index (κ1) is 17.3. The van der Waals surface area contributed by atoms with Crippen LogP contribution in [0.5, 0.6) is 5.88 Å². The van der Waals surface area contributed by atoms with E-state index in [0.29, 0.717) is 12.0 Å². The van der Waals surface area contributed by atoms with Gasteiger partial charge in [-0.1, -0.05) is 41.9 Å². The van der Waals surface area contributed by atoms with Crippen molar-refractivity contribution in [3.05, 3.63) is 65.1 Å². The summed E-state index contributed by atoms with van der Waals surface area (Å²) in [5.74, 6) is 0.584. The van der Waals surface area contributed by atoms with Crippen LogP contribution in [0.1, 0.15) is 24.0 Å². The highest BCUT2D eigenvalue weighted by atomic mass is 35.5. The number of hydrogen-bond acceptors (Lipinski definition) is 6. The monoisotopic (exact) mass is 377 g/mol. The van der Waals surface area contributed by atoms with Crippen molar-refractivity contribution in [2.45, 2.75) is 25.5 Å². The smallest absolute Gasteiger partial charge is 0.238 e. The summed E-state index contributed by atoms with van der Waals surface area (Å²) in [5, 5.41) is 12.6. The van der Waals surface area contributed by atoms with Gasteiger partial charge in [0.25, 0.3) is 0 Å². The number of ether oxygens (including phenoxy) is 1. The first-order valence-electron chi connectivity index (χ1n) is 8.59. The molecule has 4 rings (SSSR count). The minimum atomic E-state index is 0.0950. The number of nitrogens with one attached hydrogen (secondary N) is 1. The van der Waals surface area contributed by atoms with Crippen LogP contribution >= 0.6 is 11.6 Å². The predicted molar refractivity (Wildman–Crippen MR) is 102 cm³/mol. The molecule has 1 fully saturated rings. The van der Waals surface area contributed by atoms with Gasteiger partial charge < -0.3 is 10.1 Å². The Kier molecular flexibility index (Phi) is 4.86. The van der Waals surface area contributed by atoms with Crippen LogP contribution in [0.2, 0.25) is 5.15 Å². The number of aromatic nitrogens is 3. The molecule has 2 aromatic heterocycles. The number of nitrogens with zero attached hydrogens (tertiary/aromatic N) is 4. The third-order valence-corrected chi connectivity index (χ3v) is 4.45. The van der Waals surface area contributed by atoms with Gasteiger partial charge in [0.2, 0.25) is 11.8 Å². The number of rotatable bonds is 6. The summed E-state index contributed by atoms with van der Waals surface area (Å²) in [6.07, 6.45) is 5.74. The third-order valence-electron chi connectivity index (χ3n) is 4.18. The average molecular weight is 378 g/mol. The molecule has 1 aliphatic carbocycles. The molecular weight excluding hydrogens is 362 g/mol. The molecule has 1 N–H and O–H groups in total. The fourth-order valence-corrected chi connectivity index (χ4v) is 2.77. The number of pyridine rings is 1. The molecule has 0 saturated heterocycles. The van der Waals surface area contributed by atoms with Crippen molar-refractivity contribution >= 4 is 17.5 Å². The van der Waals surface area contributed by atoms with Crippen LogP contribution in [0.4, 0.5) is 5.95 Å². The molecule has 2 heterocycles. The maximum absolute atomic E-state index is 9.32. The van der Waals surface area contributed by atoms with E-state index in [1.807, 2.05) is 48.7 Å². The van der Waals surface area contributed by atoms with Crippen LogP contribution in [0.25, 0.3) is 11.1 Å². The molecule has 1 saturated carbocycles. The Morgan fingerprint density at radius 2 is 1.96 bits per heavy atom. The second kappa shape index (κ2) is 7.60. The van der Waals surface area contributed by atoms with E-state index in [9.17, 15) is 5.26 Å². The molecule has 0 bridgehead atoms. The molecule has 7 heteroatoms. The van der Waals surface area contributed by atoms with Crippen molar-refractivity contribution in [2.75, 3.05) is 5.32 Å². The summed E-state index contributed by atoms with van der Waals surface area (Å²) >= 11 is 6.11. The van der Waals surface area contributed by atoms with Gasteiger partial charge in [-0.3, -0.25) is 4.98 Å². The quantitative estimate of drug-likeness (QED) is 0.647. The normalized spacial score (nSPS) is 13.0. The number of anilines is 1. The number of benzene rings is 1. The summed E-state index contributed by atoms with van der Waals surface area (Å²) in [6, 6.07) is 14.3. The van der Waals surface area contributed by atoms with Crippen molar-refractivity contribution < 1.29 is 4.74 Å². The average Bonchev–Trinajstić information content (AvgIpc) is 3.51. The summed E-state index contributed by atoms with van der Waals surface area (Å²) in [5.41, 5.74) is 3.23. The topological polar surface area (TPSA) is 83.7 Å². The Bertz CT molecular complexity index is 982. The van der Waals surface area contributed by atoms with Gasteiger partial charge in [-0.05, 0) is 35.6 Å². The Hall–Kier alpha value is -3.17. The van der Waals surface area contributed by atoms with Gasteiger partial charge >= 0.3 is 0 Å².